The van der Waals surface area contributed by atoms with Gasteiger partial charge in [-0.3, -0.25) is 20.2 Å². The van der Waals surface area contributed by atoms with Crippen LogP contribution in [-0.4, -0.2) is 46.8 Å². The van der Waals surface area contributed by atoms with Gasteiger partial charge in [0, 0.05) is 63.1 Å². The fourth-order valence-corrected chi connectivity index (χ4v) is 20.7. The van der Waals surface area contributed by atoms with Crippen molar-refractivity contribution in [3.63, 3.8) is 0 Å². The van der Waals surface area contributed by atoms with Gasteiger partial charge in [0.25, 0.3) is 11.4 Å². The number of nitro groups is 2. The minimum atomic E-state index is -5.30. The van der Waals surface area contributed by atoms with Gasteiger partial charge in [-0.2, -0.15) is 34.8 Å². The Bertz CT molecular complexity index is 7500. The summed E-state index contributed by atoms with van der Waals surface area (Å²) in [6, 6.07) is 98.5. The molecule has 0 aromatic heterocycles. The maximum atomic E-state index is 13.3. The summed E-state index contributed by atoms with van der Waals surface area (Å²) in [7, 11) is -10.9. The zero-order valence-electron chi connectivity index (χ0n) is 76.9. The average molecular weight is 2400 g/mol. The number of benzene rings is 16. The van der Waals surface area contributed by atoms with Crippen LogP contribution in [0.25, 0.3) is 0 Å². The Morgan fingerprint density at radius 1 is 0.413 bits per heavy atom. The van der Waals surface area contributed by atoms with Crippen molar-refractivity contribution < 1.29 is 84.6 Å². The number of nitrogens with one attached hydrogen (secondary N) is 1. The van der Waals surface area contributed by atoms with Gasteiger partial charge in [0.1, 0.15) is 45.0 Å². The number of unbranched alkanes of at least 4 members (excludes halogenated alkanes) is 1. The molecule has 42 heteroatoms. The van der Waals surface area contributed by atoms with Crippen molar-refractivity contribution in [2.45, 2.75) is 88.6 Å². The molecular formula is C108H77Cl13F7N3O14S5. The quantitative estimate of drug-likeness (QED) is 0.00789. The van der Waals surface area contributed by atoms with E-state index in [1.54, 1.807) is 127 Å². The minimum Gasteiger partial charge on any atom is -0.494 e. The van der Waals surface area contributed by atoms with Crippen molar-refractivity contribution in [3.05, 3.63) is 489 Å². The zero-order valence-corrected chi connectivity index (χ0v) is 90.8. The Hall–Kier alpha value is -11.1. The average Bonchev–Trinajstić information content (AvgIpc) is 1.59. The molecule has 0 heterocycles. The second-order valence-corrected chi connectivity index (χ2v) is 44.1. The summed E-state index contributed by atoms with van der Waals surface area (Å²) in [5.41, 5.74) is -5.63. The molecule has 17 rings (SSSR count). The van der Waals surface area contributed by atoms with Crippen molar-refractivity contribution in [3.8, 4) is 35.3 Å². The van der Waals surface area contributed by atoms with Crippen LogP contribution in [-0.2, 0) is 53.5 Å². The van der Waals surface area contributed by atoms with Crippen LogP contribution in [0.15, 0.2) is 409 Å². The molecule has 778 valence electrons. The number of aliphatic hydroxyl groups is 1. The molecule has 0 unspecified atom stereocenters. The van der Waals surface area contributed by atoms with E-state index in [1.807, 2.05) is 157 Å². The van der Waals surface area contributed by atoms with Gasteiger partial charge < -0.3 is 24.1 Å². The fourth-order valence-electron chi connectivity index (χ4n) is 12.8. The molecular weight excluding hydrogens is 2320 g/mol. The Kier molecular flexibility index (Phi) is 45.9. The number of hydrogen-bond acceptors (Lipinski definition) is 17. The Morgan fingerprint density at radius 3 is 1.30 bits per heavy atom. The number of nitrogens with zero attached hydrogens (tertiary/aromatic N) is 2. The molecule has 1 saturated carbocycles. The van der Waals surface area contributed by atoms with Crippen molar-refractivity contribution in [2.24, 2.45) is 5.92 Å². The normalized spacial score (nSPS) is 11.6. The van der Waals surface area contributed by atoms with E-state index >= 15 is 0 Å². The predicted octanol–water partition coefficient (Wildman–Crippen LogP) is 36.8. The molecule has 2 N–H and O–H groups in total. The number of hydrogen-bond donors (Lipinski definition) is 2. The molecule has 0 bridgehead atoms. The molecule has 0 aliphatic heterocycles. The summed E-state index contributed by atoms with van der Waals surface area (Å²) in [6.45, 7) is 0.642. The zero-order chi connectivity index (χ0) is 109. The lowest BCUT2D eigenvalue weighted by molar-refractivity contribution is -0.394. The number of ether oxygens (including phenoxy) is 2. The summed E-state index contributed by atoms with van der Waals surface area (Å²) in [4.78, 5) is 23.0. The number of thioether (sulfide) groups is 1. The van der Waals surface area contributed by atoms with Gasteiger partial charge in [-0.25, -0.2) is 21.2 Å². The smallest absolute Gasteiger partial charge is 0.418 e. The highest BCUT2D eigenvalue weighted by Crippen LogP contribution is 2.51. The van der Waals surface area contributed by atoms with Crippen LogP contribution >= 0.6 is 174 Å². The second-order valence-electron chi connectivity index (χ2n) is 31.0. The third-order valence-corrected chi connectivity index (χ3v) is 31.5. The highest BCUT2D eigenvalue weighted by molar-refractivity contribution is 7.99. The first-order valence-corrected chi connectivity index (χ1v) is 54.5. The van der Waals surface area contributed by atoms with Gasteiger partial charge in [-0.05, 0) is 291 Å². The monoisotopic (exact) mass is 2390 g/mol. The fraction of sp³-hybridized carbons (Fsp3) is 0.0926. The van der Waals surface area contributed by atoms with Crippen LogP contribution in [0.2, 0.25) is 65.3 Å². The number of non-ortho nitro benzene ring substituents is 1. The predicted molar refractivity (Wildman–Crippen MR) is 587 cm³/mol. The lowest BCUT2D eigenvalue weighted by Gasteiger charge is -2.29. The molecule has 1 fully saturated rings. The number of para-hydroxylation sites is 1. The molecule has 17 nitrogen and oxygen atoms in total. The lowest BCUT2D eigenvalue weighted by Crippen LogP contribution is -2.29. The maximum Gasteiger partial charge on any atom is 0.418 e. The standard InChI is InChI=1S/C17H16O2.C16H14Cl2O.C14H6ClF6N3O4.C13H10ClFS.C12H6Cl4O2S.C12H6Cl4S.C12H9ClO3S.C12H10O2S/c1-2-3-7-14-18-15-10-12-17(13-11-15)19-16-8-5-4-6-9-16;17-14-7-3-12(4-8-14)16(19,11-1-2-11)13-5-9-15(18)10-6-13;15-9-2-1-6(13(16,17)18)3-10(9)22-12-8(14(19,20)21)4-7(23(25)26)5-11(12)24(27)28;14-11-3-1-10(2-4-11)9-16-13-7-5-12(15)6-8-13;13-7-1-3-8(4-2-7)19(17,18)12-6-10(15)9(14)5-11(12)16;13-7-1-3-8(4-2-7)17-12-6-10(15)9(14)5-11(12)16;13-10-6-8-11(9-7-10)16-17(14,15)12-4-2-1-3-5-12;13-15(14,11-7-3-1-4-8-11)12-9-5-2-6-10-12/h1,4-6,8-13H,3,7,14H2;3-11,19H,1-2H2;1-5,22H;1-8H,9H2;1-6H;1-6H;1-9H;1-10H. The second kappa shape index (κ2) is 57.0. The van der Waals surface area contributed by atoms with Gasteiger partial charge in [0.05, 0.1) is 94.1 Å². The van der Waals surface area contributed by atoms with E-state index in [0.29, 0.717) is 68.7 Å². The van der Waals surface area contributed by atoms with Crippen molar-refractivity contribution >= 4 is 227 Å². The van der Waals surface area contributed by atoms with E-state index < -0.39 is 96.5 Å². The molecule has 0 amide bonds. The Morgan fingerprint density at radius 2 is 0.827 bits per heavy atom. The largest absolute Gasteiger partial charge is 0.494 e. The van der Waals surface area contributed by atoms with Gasteiger partial charge >= 0.3 is 22.5 Å². The van der Waals surface area contributed by atoms with E-state index in [-0.39, 0.29) is 59.4 Å². The number of rotatable bonds is 25. The molecule has 0 atom stereocenters. The van der Waals surface area contributed by atoms with Crippen molar-refractivity contribution in [1.29, 1.82) is 0 Å². The third-order valence-electron chi connectivity index (χ3n) is 20.3. The number of nitro benzene ring substituents is 2. The molecule has 0 saturated heterocycles. The van der Waals surface area contributed by atoms with Crippen LogP contribution < -0.4 is 19.0 Å². The number of anilines is 2. The first-order valence-electron chi connectivity index (χ1n) is 43.4. The van der Waals surface area contributed by atoms with E-state index in [4.69, 9.17) is 171 Å². The number of alkyl halides is 6. The summed E-state index contributed by atoms with van der Waals surface area (Å²) >= 11 is 79.2. The first kappa shape index (κ1) is 121. The molecule has 1 aliphatic carbocycles. The summed E-state index contributed by atoms with van der Waals surface area (Å²) in [5.74, 6) is 6.21. The number of sulfone groups is 2. The SMILES string of the molecule is C#CCCCOc1ccc(Oc2ccccc2)cc1.Clc1ccc(Sc2cc(Cl)c(Cl)cc2Cl)cc1.Fc1ccc(SCc2ccc(Cl)cc2)cc1.O=S(=O)(Oc1ccc(Cl)cc1)c1ccccc1.O=S(=O)(c1ccc(Cl)cc1)c1cc(Cl)c(Cl)cc1Cl.O=S(=O)(c1ccccc1)c1ccccc1.O=[N+]([O-])c1cc([N+](=O)[O-])c(Nc2cc(C(F)(F)F)ccc2Cl)c(C(F)(F)F)c1.OC(c1ccc(Cl)cc1)(c1ccc(Cl)cc1)C1CC1. The van der Waals surface area contributed by atoms with Gasteiger partial charge in [0.15, 0.2) is 0 Å². The first-order chi connectivity index (χ1) is 71.1. The van der Waals surface area contributed by atoms with Crippen LogP contribution in [0.3, 0.4) is 0 Å². The minimum absolute atomic E-state index is 0.0179. The molecule has 0 radical (unpaired) electrons. The van der Waals surface area contributed by atoms with Crippen LogP contribution in [0.1, 0.15) is 53.5 Å². The van der Waals surface area contributed by atoms with Gasteiger partial charge in [-0.15, -0.1) is 24.1 Å². The van der Waals surface area contributed by atoms with E-state index in [9.17, 15) is 81.3 Å². The maximum absolute atomic E-state index is 13.3. The van der Waals surface area contributed by atoms with Gasteiger partial charge in [-0.1, -0.05) is 272 Å². The van der Waals surface area contributed by atoms with Crippen molar-refractivity contribution in [2.75, 3.05) is 11.9 Å². The van der Waals surface area contributed by atoms with E-state index in [2.05, 4.69) is 5.92 Å². The highest BCUT2D eigenvalue weighted by Gasteiger charge is 2.47. The molecule has 16 aromatic rings. The van der Waals surface area contributed by atoms with Crippen molar-refractivity contribution in [1.82, 2.24) is 0 Å². The lowest BCUT2D eigenvalue weighted by atomic mass is 9.82. The summed E-state index contributed by atoms with van der Waals surface area (Å²) < 4.78 is 180. The highest BCUT2D eigenvalue weighted by atomic mass is 35.5. The van der Waals surface area contributed by atoms with Crippen LogP contribution in [0.4, 0.5) is 53.5 Å². The molecule has 0 spiro atoms. The molecule has 16 aromatic carbocycles. The van der Waals surface area contributed by atoms with Crippen LogP contribution in [0.5, 0.6) is 23.0 Å². The molecule has 1 aliphatic rings. The Balaban J connectivity index is 0.000000176. The van der Waals surface area contributed by atoms with E-state index in [0.717, 1.165) is 85.6 Å². The molecule has 150 heavy (non-hydrogen) atoms. The number of halogens is 20. The number of terminal acetylenes is 1. The van der Waals surface area contributed by atoms with E-state index in [1.165, 1.54) is 90.1 Å². The third kappa shape index (κ3) is 37.1. The van der Waals surface area contributed by atoms with Crippen LogP contribution in [0, 0.1) is 44.3 Å². The van der Waals surface area contributed by atoms with Gasteiger partial charge in [0.2, 0.25) is 19.7 Å². The summed E-state index contributed by atoms with van der Waals surface area (Å²) in [5, 5.41) is 40.1. The Labute approximate surface area is 933 Å². The topological polar surface area (TPSA) is 249 Å². The summed E-state index contributed by atoms with van der Waals surface area (Å²) in [6.07, 6.45) is -1.28.